The lowest BCUT2D eigenvalue weighted by Crippen LogP contribution is -2.64. The van der Waals surface area contributed by atoms with Crippen LogP contribution < -0.4 is 0 Å². The quantitative estimate of drug-likeness (QED) is 0.0145. The molecule has 13 nitrogen and oxygen atoms in total. The number of aliphatic hydroxyl groups is 5. The molecule has 14 heteroatoms. The number of hydrogen-bond donors (Lipinski definition) is 6. The molecule has 1 aliphatic carbocycles. The molecular formula is C52H99O13P. The fourth-order valence-corrected chi connectivity index (χ4v) is 9.49. The molecule has 0 aromatic rings. The van der Waals surface area contributed by atoms with E-state index in [1.165, 1.54) is 161 Å². The first-order valence-corrected chi connectivity index (χ1v) is 28.5. The van der Waals surface area contributed by atoms with Crippen molar-refractivity contribution < 1.29 is 63.1 Å². The summed E-state index contributed by atoms with van der Waals surface area (Å²) < 4.78 is 33.7. The van der Waals surface area contributed by atoms with Crippen LogP contribution >= 0.6 is 7.82 Å². The number of esters is 2. The molecule has 390 valence electrons. The Morgan fingerprint density at radius 1 is 0.455 bits per heavy atom. The predicted octanol–water partition coefficient (Wildman–Crippen LogP) is 11.8. The summed E-state index contributed by atoms with van der Waals surface area (Å²) in [5.41, 5.74) is 0. The van der Waals surface area contributed by atoms with Gasteiger partial charge in [-0.25, -0.2) is 4.57 Å². The summed E-state index contributed by atoms with van der Waals surface area (Å²) in [5.74, 6) is -1.09. The Balaban J connectivity index is 2.35. The van der Waals surface area contributed by atoms with Crippen molar-refractivity contribution in [3.05, 3.63) is 12.2 Å². The summed E-state index contributed by atoms with van der Waals surface area (Å²) in [6, 6.07) is 0. The predicted molar refractivity (Wildman–Crippen MR) is 263 cm³/mol. The number of ether oxygens (including phenoxy) is 2. The summed E-state index contributed by atoms with van der Waals surface area (Å²) in [5, 5.41) is 50.3. The lowest BCUT2D eigenvalue weighted by molar-refractivity contribution is -0.220. The SMILES string of the molecule is CCCCCC/C=C/CCCCCCCCCC(=O)OC[C@H](COP(=O)(O)OC1C(O)C(O)C(O)[C@@H](O)C1O)OC(=O)CCCCCCCCCCCCCCCCCCCCCCCC. The average molecular weight is 963 g/mol. The van der Waals surface area contributed by atoms with Gasteiger partial charge in [0, 0.05) is 12.8 Å². The van der Waals surface area contributed by atoms with Gasteiger partial charge in [0.15, 0.2) is 6.10 Å². The first-order chi connectivity index (χ1) is 31.9. The van der Waals surface area contributed by atoms with Crippen molar-refractivity contribution in [3.8, 4) is 0 Å². The maximum Gasteiger partial charge on any atom is 0.472 e. The number of aliphatic hydroxyl groups excluding tert-OH is 5. The van der Waals surface area contributed by atoms with Crippen LogP contribution in [0.1, 0.15) is 251 Å². The van der Waals surface area contributed by atoms with E-state index in [-0.39, 0.29) is 12.8 Å². The minimum Gasteiger partial charge on any atom is -0.462 e. The maximum atomic E-state index is 12.9. The van der Waals surface area contributed by atoms with Gasteiger partial charge >= 0.3 is 19.8 Å². The summed E-state index contributed by atoms with van der Waals surface area (Å²) >= 11 is 0. The molecule has 0 bridgehead atoms. The molecule has 0 aromatic carbocycles. The average Bonchev–Trinajstić information content (AvgIpc) is 3.30. The van der Waals surface area contributed by atoms with Crippen LogP contribution in [0.4, 0.5) is 0 Å². The highest BCUT2D eigenvalue weighted by atomic mass is 31.2. The van der Waals surface area contributed by atoms with Gasteiger partial charge in [0.1, 0.15) is 43.2 Å². The maximum absolute atomic E-state index is 12.9. The Morgan fingerprint density at radius 3 is 1.17 bits per heavy atom. The lowest BCUT2D eigenvalue weighted by atomic mass is 9.85. The van der Waals surface area contributed by atoms with Gasteiger partial charge in [-0.1, -0.05) is 212 Å². The van der Waals surface area contributed by atoms with E-state index in [1.54, 1.807) is 0 Å². The standard InChI is InChI=1S/C52H99O13P/c1-3-5-7-9-11-13-15-17-19-20-21-22-23-24-25-27-29-31-33-35-37-39-41-46(54)64-44(43-63-66(60,61)65-52-50(58)48(56)47(55)49(57)51(52)59)42-62-45(53)40-38-36-34-32-30-28-26-18-16-14-12-10-8-6-4-2/h14,16,44,47-52,55-59H,3-13,15,17-43H2,1-2H3,(H,60,61)/b16-14+/t44-,47?,48-,49?,50?,51?,52?/m1/s1. The molecule has 1 rings (SSSR count). The van der Waals surface area contributed by atoms with Crippen LogP contribution in [0, 0.1) is 0 Å². The van der Waals surface area contributed by atoms with Gasteiger partial charge in [0.2, 0.25) is 0 Å². The number of phosphoric acid groups is 1. The van der Waals surface area contributed by atoms with E-state index < -0.39 is 75.7 Å². The van der Waals surface area contributed by atoms with Crippen molar-refractivity contribution in [2.45, 2.75) is 294 Å². The highest BCUT2D eigenvalue weighted by Gasteiger charge is 2.51. The largest absolute Gasteiger partial charge is 0.472 e. The fourth-order valence-electron chi connectivity index (χ4n) is 8.52. The smallest absolute Gasteiger partial charge is 0.462 e. The Labute approximate surface area is 401 Å². The van der Waals surface area contributed by atoms with E-state index >= 15 is 0 Å². The molecule has 0 aliphatic heterocycles. The zero-order valence-electron chi connectivity index (χ0n) is 41.8. The van der Waals surface area contributed by atoms with Crippen molar-refractivity contribution in [1.82, 2.24) is 0 Å². The van der Waals surface area contributed by atoms with Crippen LogP contribution in [0.15, 0.2) is 12.2 Å². The van der Waals surface area contributed by atoms with E-state index in [2.05, 4.69) is 26.0 Å². The molecule has 66 heavy (non-hydrogen) atoms. The number of carbonyl (C=O) groups excluding carboxylic acids is 2. The van der Waals surface area contributed by atoms with Crippen molar-refractivity contribution in [2.24, 2.45) is 0 Å². The molecule has 0 spiro atoms. The van der Waals surface area contributed by atoms with Crippen LogP contribution in [0.2, 0.25) is 0 Å². The minimum absolute atomic E-state index is 0.102. The monoisotopic (exact) mass is 963 g/mol. The van der Waals surface area contributed by atoms with E-state index in [1.807, 2.05) is 0 Å². The van der Waals surface area contributed by atoms with E-state index in [0.717, 1.165) is 51.4 Å². The van der Waals surface area contributed by atoms with Crippen molar-refractivity contribution in [1.29, 1.82) is 0 Å². The Bertz CT molecular complexity index is 1200. The molecule has 1 fully saturated rings. The first-order valence-electron chi connectivity index (χ1n) is 27.0. The van der Waals surface area contributed by atoms with Crippen LogP contribution in [0.25, 0.3) is 0 Å². The van der Waals surface area contributed by atoms with Crippen molar-refractivity contribution >= 4 is 19.8 Å². The van der Waals surface area contributed by atoms with Gasteiger partial charge < -0.3 is 39.9 Å². The van der Waals surface area contributed by atoms with E-state index in [9.17, 15) is 44.6 Å². The molecule has 0 heterocycles. The molecule has 8 atom stereocenters. The van der Waals surface area contributed by atoms with Crippen LogP contribution in [0.5, 0.6) is 0 Å². The number of allylic oxidation sites excluding steroid dienone is 2. The third-order valence-electron chi connectivity index (χ3n) is 12.9. The molecule has 6 N–H and O–H groups in total. The van der Waals surface area contributed by atoms with Gasteiger partial charge in [0.25, 0.3) is 0 Å². The summed E-state index contributed by atoms with van der Waals surface area (Å²) in [4.78, 5) is 35.9. The summed E-state index contributed by atoms with van der Waals surface area (Å²) in [6.45, 7) is 3.33. The normalized spacial score (nSPS) is 21.3. The topological polar surface area (TPSA) is 210 Å². The van der Waals surface area contributed by atoms with Gasteiger partial charge in [-0.05, 0) is 38.5 Å². The lowest BCUT2D eigenvalue weighted by Gasteiger charge is -2.41. The molecule has 1 saturated carbocycles. The van der Waals surface area contributed by atoms with Crippen molar-refractivity contribution in [3.63, 3.8) is 0 Å². The highest BCUT2D eigenvalue weighted by molar-refractivity contribution is 7.47. The van der Waals surface area contributed by atoms with Gasteiger partial charge in [-0.2, -0.15) is 0 Å². The number of hydrogen-bond acceptors (Lipinski definition) is 12. The molecule has 0 aromatic heterocycles. The highest BCUT2D eigenvalue weighted by Crippen LogP contribution is 2.47. The second kappa shape index (κ2) is 42.5. The van der Waals surface area contributed by atoms with Crippen LogP contribution in [0.3, 0.4) is 0 Å². The molecule has 0 saturated heterocycles. The number of phosphoric ester groups is 1. The van der Waals surface area contributed by atoms with Gasteiger partial charge in [-0.15, -0.1) is 0 Å². The Hall–Kier alpha value is -1.41. The second-order valence-electron chi connectivity index (χ2n) is 19.1. The number of rotatable bonds is 46. The number of unbranched alkanes of at least 4 members (excludes halogenated alkanes) is 32. The minimum atomic E-state index is -5.12. The summed E-state index contributed by atoms with van der Waals surface area (Å²) in [6.07, 6.45) is 34.0. The first kappa shape index (κ1) is 62.6. The van der Waals surface area contributed by atoms with Gasteiger partial charge in [0.05, 0.1) is 6.61 Å². The molecule has 6 unspecified atom stereocenters. The Kier molecular flexibility index (Phi) is 40.3. The van der Waals surface area contributed by atoms with Gasteiger partial charge in [-0.3, -0.25) is 18.6 Å². The summed E-state index contributed by atoms with van der Waals surface area (Å²) in [7, 11) is -5.12. The number of carbonyl (C=O) groups is 2. The van der Waals surface area contributed by atoms with Crippen molar-refractivity contribution in [2.75, 3.05) is 13.2 Å². The van der Waals surface area contributed by atoms with E-state index in [0.29, 0.717) is 12.8 Å². The van der Waals surface area contributed by atoms with Crippen LogP contribution in [-0.2, 0) is 32.7 Å². The Morgan fingerprint density at radius 2 is 0.773 bits per heavy atom. The third-order valence-corrected chi connectivity index (χ3v) is 13.8. The third kappa shape index (κ3) is 34.0. The van der Waals surface area contributed by atoms with E-state index in [4.69, 9.17) is 18.5 Å². The fraction of sp³-hybridized carbons (Fsp3) is 0.923. The zero-order valence-corrected chi connectivity index (χ0v) is 42.7. The molecular weight excluding hydrogens is 864 g/mol. The molecule has 0 radical (unpaired) electrons. The second-order valence-corrected chi connectivity index (χ2v) is 20.5. The molecule has 0 amide bonds. The molecule has 1 aliphatic rings. The van der Waals surface area contributed by atoms with Crippen LogP contribution in [-0.4, -0.2) is 98.3 Å². The zero-order chi connectivity index (χ0) is 48.5.